The third-order valence-corrected chi connectivity index (χ3v) is 4.45. The number of hydrogen-bond acceptors (Lipinski definition) is 5. The molecule has 4 rings (SSSR count). The lowest BCUT2D eigenvalue weighted by atomic mass is 10.1. The zero-order chi connectivity index (χ0) is 16.8. The van der Waals surface area contributed by atoms with Gasteiger partial charge in [0.25, 0.3) is 5.91 Å². The van der Waals surface area contributed by atoms with Crippen LogP contribution in [0.3, 0.4) is 0 Å². The van der Waals surface area contributed by atoms with Crippen molar-refractivity contribution in [2.24, 2.45) is 0 Å². The molecule has 24 heavy (non-hydrogen) atoms. The molecule has 0 radical (unpaired) electrons. The van der Waals surface area contributed by atoms with Gasteiger partial charge in [-0.2, -0.15) is 0 Å². The molecule has 0 saturated carbocycles. The van der Waals surface area contributed by atoms with Crippen molar-refractivity contribution >= 4 is 28.7 Å². The topological polar surface area (TPSA) is 87.9 Å². The molecule has 0 N–H and O–H groups in total. The number of likely N-dealkylation sites (tertiary alicyclic amines) is 2. The Balaban J connectivity index is 1.53. The van der Waals surface area contributed by atoms with Gasteiger partial charge in [0, 0.05) is 32.0 Å². The Morgan fingerprint density at radius 3 is 2.42 bits per heavy atom. The number of para-hydroxylation sites is 1. The summed E-state index contributed by atoms with van der Waals surface area (Å²) in [7, 11) is 0. The van der Waals surface area contributed by atoms with E-state index in [1.807, 2.05) is 0 Å². The van der Waals surface area contributed by atoms with E-state index in [-0.39, 0.29) is 55.0 Å². The molecule has 0 atom stereocenters. The fourth-order valence-corrected chi connectivity index (χ4v) is 3.15. The Morgan fingerprint density at radius 1 is 1.04 bits per heavy atom. The van der Waals surface area contributed by atoms with Gasteiger partial charge in [-0.1, -0.05) is 12.1 Å². The Hall–Kier alpha value is -2.96. The number of amides is 3. The monoisotopic (exact) mass is 326 g/mol. The molecule has 7 nitrogen and oxygen atoms in total. The van der Waals surface area contributed by atoms with Gasteiger partial charge in [0.1, 0.15) is 5.58 Å². The van der Waals surface area contributed by atoms with Gasteiger partial charge >= 0.3 is 0 Å². The second-order valence-corrected chi connectivity index (χ2v) is 5.99. The highest BCUT2D eigenvalue weighted by Gasteiger charge is 2.43. The summed E-state index contributed by atoms with van der Waals surface area (Å²) in [5, 5.41) is 0.420. The number of rotatable bonds is 2. The summed E-state index contributed by atoms with van der Waals surface area (Å²) in [5.41, 5.74) is 0.0810. The van der Waals surface area contributed by atoms with Crippen molar-refractivity contribution in [3.63, 3.8) is 0 Å². The van der Waals surface area contributed by atoms with Crippen molar-refractivity contribution in [3.8, 4) is 0 Å². The van der Waals surface area contributed by atoms with Gasteiger partial charge in [-0.25, -0.2) is 0 Å². The van der Waals surface area contributed by atoms with Crippen LogP contribution in [0.1, 0.15) is 23.4 Å². The predicted molar refractivity (Wildman–Crippen MR) is 83.3 cm³/mol. The van der Waals surface area contributed by atoms with Crippen LogP contribution in [0.25, 0.3) is 11.0 Å². The second kappa shape index (κ2) is 5.30. The molecule has 0 bridgehead atoms. The van der Waals surface area contributed by atoms with Gasteiger partial charge in [-0.15, -0.1) is 0 Å². The number of carbonyl (C=O) groups excluding carboxylic acids is 3. The normalized spacial score (nSPS) is 18.3. The van der Waals surface area contributed by atoms with Crippen molar-refractivity contribution < 1.29 is 18.8 Å². The van der Waals surface area contributed by atoms with Crippen LogP contribution >= 0.6 is 0 Å². The largest absolute Gasteiger partial charge is 0.451 e. The smallest absolute Gasteiger partial charge is 0.289 e. The van der Waals surface area contributed by atoms with Crippen LogP contribution in [0.4, 0.5) is 0 Å². The Bertz CT molecular complexity index is 910. The lowest BCUT2D eigenvalue weighted by Gasteiger charge is -2.42. The molecule has 3 heterocycles. The summed E-state index contributed by atoms with van der Waals surface area (Å²) >= 11 is 0. The zero-order valence-electron chi connectivity index (χ0n) is 12.7. The van der Waals surface area contributed by atoms with Crippen molar-refractivity contribution in [3.05, 3.63) is 46.3 Å². The highest BCUT2D eigenvalue weighted by molar-refractivity contribution is 6.02. The molecule has 0 unspecified atom stereocenters. The van der Waals surface area contributed by atoms with Gasteiger partial charge < -0.3 is 9.32 Å². The molecule has 2 aliphatic rings. The van der Waals surface area contributed by atoms with Crippen molar-refractivity contribution in [2.45, 2.75) is 18.9 Å². The summed E-state index contributed by atoms with van der Waals surface area (Å²) in [4.78, 5) is 50.6. The Kier molecular flexibility index (Phi) is 3.23. The molecule has 1 aromatic heterocycles. The number of nitrogens with zero attached hydrogens (tertiary/aromatic N) is 2. The van der Waals surface area contributed by atoms with E-state index in [0.29, 0.717) is 11.0 Å². The van der Waals surface area contributed by atoms with Crippen LogP contribution < -0.4 is 5.43 Å². The average molecular weight is 326 g/mol. The van der Waals surface area contributed by atoms with Gasteiger partial charge in [0.05, 0.1) is 11.4 Å². The first kappa shape index (κ1) is 14.6. The number of carbonyl (C=O) groups is 3. The van der Waals surface area contributed by atoms with Crippen LogP contribution in [0.15, 0.2) is 39.5 Å². The third kappa shape index (κ3) is 2.20. The molecule has 0 aliphatic carbocycles. The molecule has 1 aromatic carbocycles. The first-order valence-corrected chi connectivity index (χ1v) is 7.71. The highest BCUT2D eigenvalue weighted by atomic mass is 16.3. The highest BCUT2D eigenvalue weighted by Crippen LogP contribution is 2.24. The third-order valence-electron chi connectivity index (χ3n) is 4.45. The summed E-state index contributed by atoms with van der Waals surface area (Å²) < 4.78 is 5.53. The van der Waals surface area contributed by atoms with E-state index in [1.54, 1.807) is 24.3 Å². The maximum absolute atomic E-state index is 12.5. The van der Waals surface area contributed by atoms with Gasteiger partial charge in [-0.05, 0) is 12.1 Å². The molecular formula is C17H14N2O5. The van der Waals surface area contributed by atoms with Crippen LogP contribution in [0.5, 0.6) is 0 Å². The minimum Gasteiger partial charge on any atom is -0.451 e. The molecule has 2 aromatic rings. The van der Waals surface area contributed by atoms with Crippen LogP contribution in [0, 0.1) is 0 Å². The van der Waals surface area contributed by atoms with Crippen molar-refractivity contribution in [1.82, 2.24) is 9.80 Å². The van der Waals surface area contributed by atoms with E-state index in [9.17, 15) is 19.2 Å². The number of benzene rings is 1. The van der Waals surface area contributed by atoms with E-state index < -0.39 is 5.91 Å². The van der Waals surface area contributed by atoms with Crippen molar-refractivity contribution in [1.29, 1.82) is 0 Å². The number of hydrogen-bond donors (Lipinski definition) is 0. The van der Waals surface area contributed by atoms with Gasteiger partial charge in [-0.3, -0.25) is 24.1 Å². The first-order chi connectivity index (χ1) is 11.5. The quantitative estimate of drug-likeness (QED) is 0.761. The minimum atomic E-state index is -0.409. The lowest BCUT2D eigenvalue weighted by Crippen LogP contribution is -2.62. The maximum atomic E-state index is 12.5. The molecule has 2 fully saturated rings. The molecule has 2 saturated heterocycles. The minimum absolute atomic E-state index is 0.0313. The van der Waals surface area contributed by atoms with E-state index >= 15 is 0 Å². The maximum Gasteiger partial charge on any atom is 0.289 e. The Morgan fingerprint density at radius 2 is 1.71 bits per heavy atom. The summed E-state index contributed by atoms with van der Waals surface area (Å²) in [6, 6.07) is 7.63. The Labute approximate surface area is 136 Å². The van der Waals surface area contributed by atoms with Crippen molar-refractivity contribution in [2.75, 3.05) is 13.1 Å². The fraction of sp³-hybridized carbons (Fsp3) is 0.294. The molecule has 2 aliphatic heterocycles. The molecule has 7 heteroatoms. The molecule has 3 amide bonds. The summed E-state index contributed by atoms with van der Waals surface area (Å²) in [5.74, 6) is -0.812. The van der Waals surface area contributed by atoms with Gasteiger partial charge in [0.2, 0.25) is 11.8 Å². The van der Waals surface area contributed by atoms with E-state index in [4.69, 9.17) is 4.42 Å². The molecule has 0 spiro atoms. The van der Waals surface area contributed by atoms with Gasteiger partial charge in [0.15, 0.2) is 11.2 Å². The molecule has 122 valence electrons. The predicted octanol–water partition coefficient (Wildman–Crippen LogP) is 0.766. The summed E-state index contributed by atoms with van der Waals surface area (Å²) in [6.07, 6.45) is 0.478. The average Bonchev–Trinajstić information content (AvgIpc) is 2.85. The second-order valence-electron chi connectivity index (χ2n) is 5.99. The standard InChI is InChI=1S/C17H14N2O5/c20-12-7-14(24-13-4-2-1-3-11(12)13)17(23)18-8-10(9-18)19-15(21)5-6-16(19)22/h1-4,7,10H,5-6,8-9H2. The van der Waals surface area contributed by atoms with Crippen LogP contribution in [0.2, 0.25) is 0 Å². The van der Waals surface area contributed by atoms with E-state index in [2.05, 4.69) is 0 Å². The van der Waals surface area contributed by atoms with Crippen LogP contribution in [-0.2, 0) is 9.59 Å². The molecular weight excluding hydrogens is 312 g/mol. The van der Waals surface area contributed by atoms with E-state index in [0.717, 1.165) is 0 Å². The fourth-order valence-electron chi connectivity index (χ4n) is 3.15. The van der Waals surface area contributed by atoms with E-state index in [1.165, 1.54) is 15.9 Å². The van der Waals surface area contributed by atoms with Crippen LogP contribution in [-0.4, -0.2) is 46.7 Å². The summed E-state index contributed by atoms with van der Waals surface area (Å²) in [6.45, 7) is 0.541. The number of imide groups is 1. The first-order valence-electron chi connectivity index (χ1n) is 7.71. The lowest BCUT2D eigenvalue weighted by molar-refractivity contribution is -0.144. The number of fused-ring (bicyclic) bond motifs is 1. The SMILES string of the molecule is O=C(c1cc(=O)c2ccccc2o1)N1CC(N2C(=O)CCC2=O)C1. The zero-order valence-corrected chi connectivity index (χ0v) is 12.7.